The molecule has 0 radical (unpaired) electrons. The van der Waals surface area contributed by atoms with Gasteiger partial charge in [-0.05, 0) is 18.1 Å². The van der Waals surface area contributed by atoms with Gasteiger partial charge in [0, 0.05) is 11.1 Å². The Morgan fingerprint density at radius 2 is 2.00 bits per heavy atom. The van der Waals surface area contributed by atoms with Crippen LogP contribution in [-0.4, -0.2) is 4.98 Å². The first-order valence-electron chi connectivity index (χ1n) is 5.40. The van der Waals surface area contributed by atoms with Gasteiger partial charge in [-0.2, -0.15) is 0 Å². The molecule has 0 saturated carbocycles. The highest BCUT2D eigenvalue weighted by atomic mass is 35.5. The van der Waals surface area contributed by atoms with E-state index in [1.54, 1.807) is 6.07 Å². The third-order valence-corrected chi connectivity index (χ3v) is 3.33. The monoisotopic (exact) mass is 287 g/mol. The number of pyridine rings is 1. The lowest BCUT2D eigenvalue weighted by Gasteiger charge is -2.13. The van der Waals surface area contributed by atoms with E-state index in [2.05, 4.69) is 10.4 Å². The highest BCUT2D eigenvalue weighted by molar-refractivity contribution is 6.39. The van der Waals surface area contributed by atoms with Gasteiger partial charge in [-0.1, -0.05) is 37.0 Å². The Balaban J connectivity index is 2.88. The third kappa shape index (κ3) is 2.11. The molecule has 0 spiro atoms. The summed E-state index contributed by atoms with van der Waals surface area (Å²) in [5.74, 6) is 5.00. The Morgan fingerprint density at radius 1 is 1.33 bits per heavy atom. The molecule has 2 aromatic rings. The smallest absolute Gasteiger partial charge is 0.161 e. The second kappa shape index (κ2) is 4.88. The van der Waals surface area contributed by atoms with Crippen LogP contribution < -0.4 is 11.3 Å². The molecule has 6 heteroatoms. The van der Waals surface area contributed by atoms with E-state index in [-0.39, 0.29) is 16.0 Å². The van der Waals surface area contributed by atoms with E-state index in [4.69, 9.17) is 29.0 Å². The summed E-state index contributed by atoms with van der Waals surface area (Å²) in [6.45, 7) is 4.00. The van der Waals surface area contributed by atoms with Gasteiger partial charge in [-0.3, -0.25) is 10.8 Å². The van der Waals surface area contributed by atoms with E-state index < -0.39 is 5.82 Å². The second-order valence-electron chi connectivity index (χ2n) is 4.27. The van der Waals surface area contributed by atoms with Gasteiger partial charge in [0.25, 0.3) is 0 Å². The van der Waals surface area contributed by atoms with Crippen molar-refractivity contribution in [1.29, 1.82) is 0 Å². The van der Waals surface area contributed by atoms with Gasteiger partial charge in [-0.15, -0.1) is 0 Å². The summed E-state index contributed by atoms with van der Waals surface area (Å²) >= 11 is 11.7. The van der Waals surface area contributed by atoms with Gasteiger partial charge in [0.15, 0.2) is 5.82 Å². The summed E-state index contributed by atoms with van der Waals surface area (Å²) in [7, 11) is 0. The first-order valence-corrected chi connectivity index (χ1v) is 6.16. The Morgan fingerprint density at radius 3 is 2.56 bits per heavy atom. The summed E-state index contributed by atoms with van der Waals surface area (Å²) < 4.78 is 13.7. The van der Waals surface area contributed by atoms with Crippen LogP contribution >= 0.6 is 23.2 Å². The molecule has 0 aliphatic carbocycles. The fourth-order valence-electron chi connectivity index (χ4n) is 1.73. The first-order chi connectivity index (χ1) is 8.45. The SMILES string of the molecule is CC(C)c1cc(NN)c2c(Cl)c(F)c(Cl)cc2n1. The predicted octanol–water partition coefficient (Wildman–Crippen LogP) is 4.09. The maximum atomic E-state index is 13.7. The van der Waals surface area contributed by atoms with Crippen LogP contribution in [0.15, 0.2) is 12.1 Å². The molecule has 0 fully saturated rings. The largest absolute Gasteiger partial charge is 0.323 e. The standard InChI is InChI=1S/C12H12Cl2FN3/c1-5(2)7-4-9(18-16)10-8(17-7)3-6(13)12(15)11(10)14/h3-5H,16H2,1-2H3,(H,17,18). The van der Waals surface area contributed by atoms with Crippen molar-refractivity contribution in [3.05, 3.63) is 33.7 Å². The fraction of sp³-hybridized carbons (Fsp3) is 0.250. The number of halogens is 3. The third-order valence-electron chi connectivity index (χ3n) is 2.70. The van der Waals surface area contributed by atoms with Crippen molar-refractivity contribution in [2.24, 2.45) is 5.84 Å². The van der Waals surface area contributed by atoms with Crippen molar-refractivity contribution in [2.45, 2.75) is 19.8 Å². The van der Waals surface area contributed by atoms with Crippen molar-refractivity contribution in [3.8, 4) is 0 Å². The maximum Gasteiger partial charge on any atom is 0.161 e. The van der Waals surface area contributed by atoms with Gasteiger partial charge in [0.2, 0.25) is 0 Å². The van der Waals surface area contributed by atoms with Gasteiger partial charge in [0.1, 0.15) is 0 Å². The molecule has 1 aromatic carbocycles. The van der Waals surface area contributed by atoms with Gasteiger partial charge in [0.05, 0.1) is 21.2 Å². The zero-order valence-corrected chi connectivity index (χ0v) is 11.4. The van der Waals surface area contributed by atoms with E-state index in [0.29, 0.717) is 16.6 Å². The van der Waals surface area contributed by atoms with Crippen LogP contribution in [0.4, 0.5) is 10.1 Å². The van der Waals surface area contributed by atoms with Crippen LogP contribution in [0.1, 0.15) is 25.5 Å². The lowest BCUT2D eigenvalue weighted by molar-refractivity contribution is 0.630. The molecule has 0 aliphatic rings. The van der Waals surface area contributed by atoms with E-state index in [1.165, 1.54) is 6.07 Å². The van der Waals surface area contributed by atoms with Crippen molar-refractivity contribution < 1.29 is 4.39 Å². The number of nitrogens with two attached hydrogens (primary N) is 1. The average Bonchev–Trinajstić information content (AvgIpc) is 2.34. The predicted molar refractivity (Wildman–Crippen MR) is 73.6 cm³/mol. The van der Waals surface area contributed by atoms with Gasteiger partial charge >= 0.3 is 0 Å². The molecule has 0 saturated heterocycles. The molecular weight excluding hydrogens is 276 g/mol. The van der Waals surface area contributed by atoms with Gasteiger partial charge < -0.3 is 5.43 Å². The summed E-state index contributed by atoms with van der Waals surface area (Å²) in [5, 5.41) is 0.308. The summed E-state index contributed by atoms with van der Waals surface area (Å²) in [6, 6.07) is 3.21. The minimum absolute atomic E-state index is 0.0520. The molecule has 0 atom stereocenters. The van der Waals surface area contributed by atoms with Crippen LogP contribution in [-0.2, 0) is 0 Å². The van der Waals surface area contributed by atoms with Crippen LogP contribution in [0.25, 0.3) is 10.9 Å². The minimum atomic E-state index is -0.665. The second-order valence-corrected chi connectivity index (χ2v) is 5.06. The number of aromatic nitrogens is 1. The molecule has 3 nitrogen and oxygen atoms in total. The number of nitrogens with one attached hydrogen (secondary N) is 1. The number of nitrogen functional groups attached to an aromatic ring is 1. The number of benzene rings is 1. The van der Waals surface area contributed by atoms with Crippen LogP contribution in [0.5, 0.6) is 0 Å². The summed E-state index contributed by atoms with van der Waals surface area (Å²) in [5.41, 5.74) is 4.40. The zero-order chi connectivity index (χ0) is 13.4. The molecule has 0 unspecified atom stereocenters. The van der Waals surface area contributed by atoms with Crippen LogP contribution in [0.2, 0.25) is 10.0 Å². The van der Waals surface area contributed by atoms with E-state index in [9.17, 15) is 4.39 Å². The van der Waals surface area contributed by atoms with E-state index >= 15 is 0 Å². The van der Waals surface area contributed by atoms with E-state index in [0.717, 1.165) is 5.69 Å². The van der Waals surface area contributed by atoms with Crippen LogP contribution in [0.3, 0.4) is 0 Å². The van der Waals surface area contributed by atoms with Gasteiger partial charge in [-0.25, -0.2) is 4.39 Å². The Labute approximate surface area is 114 Å². The molecule has 2 rings (SSSR count). The lowest BCUT2D eigenvalue weighted by Crippen LogP contribution is -2.09. The number of fused-ring (bicyclic) bond motifs is 1. The summed E-state index contributed by atoms with van der Waals surface area (Å²) in [6.07, 6.45) is 0. The summed E-state index contributed by atoms with van der Waals surface area (Å²) in [4.78, 5) is 4.42. The first kappa shape index (κ1) is 13.3. The Hall–Kier alpha value is -1.10. The Bertz CT molecular complexity index is 614. The molecule has 18 heavy (non-hydrogen) atoms. The molecule has 0 amide bonds. The maximum absolute atomic E-state index is 13.7. The van der Waals surface area contributed by atoms with Crippen LogP contribution in [0, 0.1) is 5.82 Å². The van der Waals surface area contributed by atoms with Crippen molar-refractivity contribution in [3.63, 3.8) is 0 Å². The number of hydrazine groups is 1. The average molecular weight is 288 g/mol. The molecular formula is C12H12Cl2FN3. The molecule has 1 aromatic heterocycles. The van der Waals surface area contributed by atoms with Crippen molar-refractivity contribution in [1.82, 2.24) is 4.98 Å². The molecule has 1 heterocycles. The molecule has 0 aliphatic heterocycles. The fourth-order valence-corrected chi connectivity index (χ4v) is 2.27. The highest BCUT2D eigenvalue weighted by Gasteiger charge is 2.16. The number of anilines is 1. The Kier molecular flexibility index (Phi) is 3.61. The number of hydrogen-bond donors (Lipinski definition) is 2. The lowest BCUT2D eigenvalue weighted by atomic mass is 10.1. The highest BCUT2D eigenvalue weighted by Crippen LogP contribution is 2.36. The number of rotatable bonds is 2. The number of hydrogen-bond acceptors (Lipinski definition) is 3. The molecule has 96 valence electrons. The van der Waals surface area contributed by atoms with E-state index in [1.807, 2.05) is 13.8 Å². The zero-order valence-electron chi connectivity index (χ0n) is 9.89. The molecule has 3 N–H and O–H groups in total. The van der Waals surface area contributed by atoms with Crippen molar-refractivity contribution >= 4 is 39.8 Å². The number of nitrogens with zero attached hydrogens (tertiary/aromatic N) is 1. The normalized spacial score (nSPS) is 11.3. The molecule has 0 bridgehead atoms. The van der Waals surface area contributed by atoms with Crippen molar-refractivity contribution in [2.75, 3.05) is 5.43 Å². The quantitative estimate of drug-likeness (QED) is 0.497. The topological polar surface area (TPSA) is 50.9 Å². The minimum Gasteiger partial charge on any atom is -0.323 e.